The molecule has 0 atom stereocenters. The van der Waals surface area contributed by atoms with Crippen molar-refractivity contribution >= 4 is 11.3 Å². The highest BCUT2D eigenvalue weighted by Gasteiger charge is 2.11. The molecule has 20 heavy (non-hydrogen) atoms. The first-order chi connectivity index (χ1) is 9.72. The van der Waals surface area contributed by atoms with E-state index in [-0.39, 0.29) is 0 Å². The van der Waals surface area contributed by atoms with Gasteiger partial charge in [0.1, 0.15) is 0 Å². The summed E-state index contributed by atoms with van der Waals surface area (Å²) >= 11 is 1.78. The van der Waals surface area contributed by atoms with Gasteiger partial charge in [-0.3, -0.25) is 4.68 Å². The van der Waals surface area contributed by atoms with Gasteiger partial charge >= 0.3 is 0 Å². The van der Waals surface area contributed by atoms with Crippen LogP contribution in [-0.4, -0.2) is 36.6 Å². The molecule has 0 aliphatic carbocycles. The second-order valence-corrected chi connectivity index (χ2v) is 5.91. The number of methoxy groups -OCH3 is 1. The Labute approximate surface area is 124 Å². The molecule has 2 rings (SSSR count). The van der Waals surface area contributed by atoms with Crippen LogP contribution in [0.1, 0.15) is 21.8 Å². The van der Waals surface area contributed by atoms with E-state index in [9.17, 15) is 0 Å². The van der Waals surface area contributed by atoms with Gasteiger partial charge in [0.2, 0.25) is 0 Å². The maximum absolute atomic E-state index is 5.03. The molecule has 5 heteroatoms. The highest BCUT2D eigenvalue weighted by molar-refractivity contribution is 7.09. The Morgan fingerprint density at radius 1 is 1.35 bits per heavy atom. The van der Waals surface area contributed by atoms with E-state index in [1.807, 2.05) is 0 Å². The summed E-state index contributed by atoms with van der Waals surface area (Å²) in [4.78, 5) is 1.35. The van der Waals surface area contributed by atoms with Crippen LogP contribution in [0.4, 0.5) is 0 Å². The summed E-state index contributed by atoms with van der Waals surface area (Å²) < 4.78 is 7.14. The number of rotatable bonds is 8. The van der Waals surface area contributed by atoms with Crippen molar-refractivity contribution in [3.05, 3.63) is 39.3 Å². The molecule has 0 radical (unpaired) electrons. The summed E-state index contributed by atoms with van der Waals surface area (Å²) in [6.07, 6.45) is 1.02. The normalized spacial score (nSPS) is 11.2. The summed E-state index contributed by atoms with van der Waals surface area (Å²) in [5.74, 6) is 0. The third-order valence-electron chi connectivity index (χ3n) is 3.45. The predicted molar refractivity (Wildman–Crippen MR) is 83.6 cm³/mol. The molecule has 1 N–H and O–H groups in total. The van der Waals surface area contributed by atoms with E-state index in [2.05, 4.69) is 46.5 Å². The highest BCUT2D eigenvalue weighted by atomic mass is 32.1. The average molecular weight is 293 g/mol. The van der Waals surface area contributed by atoms with Crippen molar-refractivity contribution in [1.29, 1.82) is 0 Å². The average Bonchev–Trinajstić information content (AvgIpc) is 3.02. The van der Waals surface area contributed by atoms with E-state index in [4.69, 9.17) is 4.74 Å². The highest BCUT2D eigenvalue weighted by Crippen LogP contribution is 2.17. The molecule has 4 nitrogen and oxygen atoms in total. The summed E-state index contributed by atoms with van der Waals surface area (Å²) in [7, 11) is 1.73. The van der Waals surface area contributed by atoms with Gasteiger partial charge in [-0.1, -0.05) is 6.07 Å². The van der Waals surface area contributed by atoms with E-state index in [1.165, 1.54) is 16.1 Å². The second-order valence-electron chi connectivity index (χ2n) is 4.88. The van der Waals surface area contributed by atoms with Crippen LogP contribution >= 0.6 is 11.3 Å². The quantitative estimate of drug-likeness (QED) is 0.760. The Morgan fingerprint density at radius 2 is 2.20 bits per heavy atom. The first-order valence-electron chi connectivity index (χ1n) is 6.97. The van der Waals surface area contributed by atoms with Crippen LogP contribution in [-0.2, 0) is 17.7 Å². The van der Waals surface area contributed by atoms with Crippen LogP contribution in [0.15, 0.2) is 17.5 Å². The van der Waals surface area contributed by atoms with Gasteiger partial charge in [0.15, 0.2) is 0 Å². The summed E-state index contributed by atoms with van der Waals surface area (Å²) in [6, 6.07) is 4.25. The van der Waals surface area contributed by atoms with Crippen LogP contribution in [0.2, 0.25) is 0 Å². The predicted octanol–water partition coefficient (Wildman–Crippen LogP) is 2.39. The zero-order valence-electron chi connectivity index (χ0n) is 12.5. The molecular weight excluding hydrogens is 270 g/mol. The van der Waals surface area contributed by atoms with Crippen molar-refractivity contribution in [3.63, 3.8) is 0 Å². The van der Waals surface area contributed by atoms with Crippen LogP contribution in [0.3, 0.4) is 0 Å². The standard InChI is InChI=1S/C15H23N3OS/c1-12-15(6-7-16-8-9-19-3)13(2)18(17-12)11-14-5-4-10-20-14/h4-5,10,16H,6-9,11H2,1-3H3. The number of aromatic nitrogens is 2. The first kappa shape index (κ1) is 15.2. The third kappa shape index (κ3) is 3.91. The molecule has 2 aromatic heterocycles. The van der Waals surface area contributed by atoms with Gasteiger partial charge < -0.3 is 10.1 Å². The Morgan fingerprint density at radius 3 is 2.90 bits per heavy atom. The van der Waals surface area contributed by atoms with Crippen LogP contribution in [0.25, 0.3) is 0 Å². The van der Waals surface area contributed by atoms with E-state index >= 15 is 0 Å². The molecule has 0 aliphatic heterocycles. The molecule has 2 aromatic rings. The molecule has 0 aromatic carbocycles. The molecule has 0 fully saturated rings. The fraction of sp³-hybridized carbons (Fsp3) is 0.533. The van der Waals surface area contributed by atoms with Crippen molar-refractivity contribution in [2.45, 2.75) is 26.8 Å². The molecule has 110 valence electrons. The lowest BCUT2D eigenvalue weighted by Gasteiger charge is -2.06. The molecule has 0 saturated heterocycles. The molecule has 0 spiro atoms. The van der Waals surface area contributed by atoms with Gasteiger partial charge in [-0.2, -0.15) is 5.10 Å². The van der Waals surface area contributed by atoms with Crippen LogP contribution < -0.4 is 5.32 Å². The molecule has 0 saturated carbocycles. The summed E-state index contributed by atoms with van der Waals surface area (Å²) in [5.41, 5.74) is 3.79. The lowest BCUT2D eigenvalue weighted by molar-refractivity contribution is 0.199. The van der Waals surface area contributed by atoms with Crippen molar-refractivity contribution in [1.82, 2.24) is 15.1 Å². The molecule has 0 unspecified atom stereocenters. The summed E-state index contributed by atoms with van der Waals surface area (Å²) in [6.45, 7) is 7.77. The minimum absolute atomic E-state index is 0.760. The Hall–Kier alpha value is -1.17. The van der Waals surface area contributed by atoms with Crippen molar-refractivity contribution in [2.75, 3.05) is 26.8 Å². The van der Waals surface area contributed by atoms with Crippen LogP contribution in [0, 0.1) is 13.8 Å². The lowest BCUT2D eigenvalue weighted by Crippen LogP contribution is -2.22. The molecular formula is C15H23N3OS. The second kappa shape index (κ2) is 7.57. The number of ether oxygens (including phenoxy) is 1. The number of aryl methyl sites for hydroxylation is 1. The smallest absolute Gasteiger partial charge is 0.0755 e. The fourth-order valence-corrected chi connectivity index (χ4v) is 3.00. The number of nitrogens with zero attached hydrogens (tertiary/aromatic N) is 2. The number of hydrogen-bond donors (Lipinski definition) is 1. The minimum Gasteiger partial charge on any atom is -0.383 e. The van der Waals surface area contributed by atoms with Gasteiger partial charge in [0.05, 0.1) is 18.8 Å². The number of thiophene rings is 1. The van der Waals surface area contributed by atoms with Gasteiger partial charge in [-0.25, -0.2) is 0 Å². The summed E-state index contributed by atoms with van der Waals surface area (Å²) in [5, 5.41) is 10.2. The monoisotopic (exact) mass is 293 g/mol. The lowest BCUT2D eigenvalue weighted by atomic mass is 10.1. The van der Waals surface area contributed by atoms with Gasteiger partial charge in [-0.15, -0.1) is 11.3 Å². The molecule has 0 bridgehead atoms. The first-order valence-corrected chi connectivity index (χ1v) is 7.85. The fourth-order valence-electron chi connectivity index (χ4n) is 2.31. The Balaban J connectivity index is 1.94. The molecule has 2 heterocycles. The zero-order valence-corrected chi connectivity index (χ0v) is 13.3. The van der Waals surface area contributed by atoms with Crippen LogP contribution in [0.5, 0.6) is 0 Å². The molecule has 0 amide bonds. The SMILES string of the molecule is COCCNCCc1c(C)nn(Cc2cccs2)c1C. The molecule has 0 aliphatic rings. The van der Waals surface area contributed by atoms with Crippen molar-refractivity contribution in [3.8, 4) is 0 Å². The van der Waals surface area contributed by atoms with Gasteiger partial charge in [-0.05, 0) is 43.8 Å². The maximum Gasteiger partial charge on any atom is 0.0755 e. The minimum atomic E-state index is 0.760. The van der Waals surface area contributed by atoms with Gasteiger partial charge in [0.25, 0.3) is 0 Å². The van der Waals surface area contributed by atoms with Gasteiger partial charge in [0, 0.05) is 24.2 Å². The van der Waals surface area contributed by atoms with E-state index in [0.29, 0.717) is 0 Å². The Kier molecular flexibility index (Phi) is 5.76. The maximum atomic E-state index is 5.03. The third-order valence-corrected chi connectivity index (χ3v) is 4.31. The number of hydrogen-bond acceptors (Lipinski definition) is 4. The topological polar surface area (TPSA) is 39.1 Å². The number of nitrogens with one attached hydrogen (secondary N) is 1. The van der Waals surface area contributed by atoms with Crippen molar-refractivity contribution in [2.24, 2.45) is 0 Å². The Bertz CT molecular complexity index is 519. The van der Waals surface area contributed by atoms with E-state index in [1.54, 1.807) is 18.4 Å². The van der Waals surface area contributed by atoms with E-state index in [0.717, 1.165) is 38.4 Å². The largest absolute Gasteiger partial charge is 0.383 e. The van der Waals surface area contributed by atoms with E-state index < -0.39 is 0 Å². The van der Waals surface area contributed by atoms with Crippen molar-refractivity contribution < 1.29 is 4.74 Å². The zero-order chi connectivity index (χ0) is 14.4.